The van der Waals surface area contributed by atoms with E-state index in [9.17, 15) is 15.0 Å². The predicted molar refractivity (Wildman–Crippen MR) is 147 cm³/mol. The Hall–Kier alpha value is -3.52. The second kappa shape index (κ2) is 10.8. The van der Waals surface area contributed by atoms with Crippen molar-refractivity contribution in [1.29, 1.82) is 0 Å². The lowest BCUT2D eigenvalue weighted by atomic mass is 9.92. The maximum absolute atomic E-state index is 11.2. The minimum absolute atomic E-state index is 0.0247. The van der Waals surface area contributed by atoms with Gasteiger partial charge in [-0.15, -0.1) is 11.3 Å². The summed E-state index contributed by atoms with van der Waals surface area (Å²) in [5.41, 5.74) is 4.46. The van der Waals surface area contributed by atoms with Gasteiger partial charge in [0.25, 0.3) is 0 Å². The van der Waals surface area contributed by atoms with Gasteiger partial charge in [-0.05, 0) is 42.7 Å². The molecule has 1 aromatic heterocycles. The number of benzene rings is 3. The summed E-state index contributed by atoms with van der Waals surface area (Å²) in [7, 11) is 0. The zero-order valence-electron chi connectivity index (χ0n) is 21.0. The van der Waals surface area contributed by atoms with Crippen molar-refractivity contribution >= 4 is 17.3 Å². The molecule has 0 saturated carbocycles. The molecule has 0 amide bonds. The van der Waals surface area contributed by atoms with Gasteiger partial charge in [-0.25, -0.2) is 9.78 Å². The Morgan fingerprint density at radius 3 is 2.41 bits per heavy atom. The number of aromatic nitrogens is 1. The molecule has 0 aliphatic carbocycles. The molecule has 0 radical (unpaired) electrons. The van der Waals surface area contributed by atoms with Crippen LogP contribution in [0.15, 0.2) is 84.2 Å². The van der Waals surface area contributed by atoms with E-state index >= 15 is 0 Å². The molecular weight excluding hydrogens is 482 g/mol. The first kappa shape index (κ1) is 25.1. The second-order valence-electron chi connectivity index (χ2n) is 9.77. The van der Waals surface area contributed by atoms with Crippen molar-refractivity contribution in [2.75, 3.05) is 13.1 Å². The number of aromatic hydroxyl groups is 1. The topological polar surface area (TPSA) is 76.9 Å². The van der Waals surface area contributed by atoms with Crippen molar-refractivity contribution in [2.45, 2.75) is 38.5 Å². The van der Waals surface area contributed by atoms with Crippen LogP contribution in [0.4, 0.5) is 0 Å². The summed E-state index contributed by atoms with van der Waals surface area (Å²) in [5, 5.41) is 21.8. The van der Waals surface area contributed by atoms with Gasteiger partial charge < -0.3 is 10.2 Å². The monoisotopic (exact) mass is 513 g/mol. The number of carboxylic acids is 1. The molecule has 190 valence electrons. The molecule has 3 aromatic carbocycles. The first-order valence-corrected chi connectivity index (χ1v) is 13.4. The summed E-state index contributed by atoms with van der Waals surface area (Å²) < 4.78 is 0. The molecule has 5 rings (SSSR count). The maximum Gasteiger partial charge on any atom is 0.355 e. The number of carbonyl (C=O) groups is 1. The number of phenols is 1. The van der Waals surface area contributed by atoms with Crippen LogP contribution in [-0.4, -0.2) is 56.1 Å². The average molecular weight is 514 g/mol. The summed E-state index contributed by atoms with van der Waals surface area (Å²) >= 11 is 1.33. The van der Waals surface area contributed by atoms with Gasteiger partial charge in [0.1, 0.15) is 10.8 Å². The number of phenolic OH excluding ortho intramolecular Hbond substituents is 1. The van der Waals surface area contributed by atoms with Crippen molar-refractivity contribution < 1.29 is 15.0 Å². The maximum atomic E-state index is 11.2. The van der Waals surface area contributed by atoms with E-state index in [0.29, 0.717) is 17.1 Å². The van der Waals surface area contributed by atoms with Gasteiger partial charge in [0.2, 0.25) is 0 Å². The fraction of sp³-hybridized carbons (Fsp3) is 0.267. The van der Waals surface area contributed by atoms with E-state index in [1.54, 1.807) is 11.4 Å². The van der Waals surface area contributed by atoms with Crippen LogP contribution in [0.3, 0.4) is 0 Å². The van der Waals surface area contributed by atoms with E-state index in [-0.39, 0.29) is 17.5 Å². The van der Waals surface area contributed by atoms with E-state index in [4.69, 9.17) is 0 Å². The molecule has 0 unspecified atom stereocenters. The first-order valence-electron chi connectivity index (χ1n) is 12.5. The highest BCUT2D eigenvalue weighted by molar-refractivity contribution is 7.13. The van der Waals surface area contributed by atoms with E-state index < -0.39 is 5.97 Å². The molecule has 0 spiro atoms. The van der Waals surface area contributed by atoms with Crippen molar-refractivity contribution in [3.05, 3.63) is 107 Å². The molecular formula is C30H31N3O3S. The molecule has 6 nitrogen and oxygen atoms in total. The Labute approximate surface area is 221 Å². The Bertz CT molecular complexity index is 1360. The summed E-state index contributed by atoms with van der Waals surface area (Å²) in [5.74, 6) is -0.760. The van der Waals surface area contributed by atoms with Gasteiger partial charge in [-0.3, -0.25) is 9.80 Å². The molecule has 1 aliphatic rings. The lowest BCUT2D eigenvalue weighted by Gasteiger charge is -2.47. The molecule has 4 aromatic rings. The number of thiazole rings is 1. The van der Waals surface area contributed by atoms with E-state index in [0.717, 1.165) is 36.3 Å². The summed E-state index contributed by atoms with van der Waals surface area (Å²) in [6, 6.07) is 27.0. The number of nitrogens with zero attached hydrogens (tertiary/aromatic N) is 3. The fourth-order valence-electron chi connectivity index (χ4n) is 5.21. The average Bonchev–Trinajstić information content (AvgIpc) is 3.39. The van der Waals surface area contributed by atoms with Crippen LogP contribution < -0.4 is 0 Å². The molecule has 7 heteroatoms. The van der Waals surface area contributed by atoms with Crippen molar-refractivity contribution in [3.63, 3.8) is 0 Å². The van der Waals surface area contributed by atoms with Gasteiger partial charge in [-0.2, -0.15) is 0 Å². The first-order chi connectivity index (χ1) is 17.9. The quantitative estimate of drug-likeness (QED) is 0.321. The number of rotatable bonds is 7. The van der Waals surface area contributed by atoms with Gasteiger partial charge in [0, 0.05) is 42.7 Å². The number of piperazine rings is 1. The van der Waals surface area contributed by atoms with Crippen molar-refractivity contribution in [1.82, 2.24) is 14.8 Å². The Morgan fingerprint density at radius 2 is 1.73 bits per heavy atom. The van der Waals surface area contributed by atoms with E-state index in [1.807, 2.05) is 24.3 Å². The van der Waals surface area contributed by atoms with E-state index in [1.165, 1.54) is 16.9 Å². The van der Waals surface area contributed by atoms with Crippen LogP contribution in [-0.2, 0) is 6.54 Å². The normalized spacial score (nSPS) is 19.5. The molecule has 2 heterocycles. The smallest absolute Gasteiger partial charge is 0.355 e. The Balaban J connectivity index is 1.43. The highest BCUT2D eigenvalue weighted by atomic mass is 32.1. The van der Waals surface area contributed by atoms with E-state index in [2.05, 4.69) is 77.2 Å². The largest absolute Gasteiger partial charge is 0.508 e. The molecule has 0 bridgehead atoms. The number of hydrogen-bond acceptors (Lipinski definition) is 6. The fourth-order valence-corrected chi connectivity index (χ4v) is 6.01. The molecule has 37 heavy (non-hydrogen) atoms. The van der Waals surface area contributed by atoms with Gasteiger partial charge in [-0.1, -0.05) is 66.7 Å². The highest BCUT2D eigenvalue weighted by Crippen LogP contribution is 2.36. The minimum Gasteiger partial charge on any atom is -0.508 e. The Kier molecular flexibility index (Phi) is 7.37. The van der Waals surface area contributed by atoms with Crippen LogP contribution >= 0.6 is 11.3 Å². The van der Waals surface area contributed by atoms with Crippen LogP contribution in [0.5, 0.6) is 5.75 Å². The van der Waals surface area contributed by atoms with Crippen molar-refractivity contribution in [3.8, 4) is 16.3 Å². The third-order valence-electron chi connectivity index (χ3n) is 7.11. The second-order valence-corrected chi connectivity index (χ2v) is 10.6. The minimum atomic E-state index is -1.02. The lowest BCUT2D eigenvalue weighted by Crippen LogP contribution is -2.56. The van der Waals surface area contributed by atoms with Gasteiger partial charge >= 0.3 is 5.97 Å². The van der Waals surface area contributed by atoms with Crippen LogP contribution in [0.2, 0.25) is 0 Å². The molecule has 3 atom stereocenters. The zero-order chi connectivity index (χ0) is 25.9. The molecule has 2 N–H and O–H groups in total. The van der Waals surface area contributed by atoms with Gasteiger partial charge in [0.15, 0.2) is 5.69 Å². The van der Waals surface area contributed by atoms with Crippen LogP contribution in [0.25, 0.3) is 10.6 Å². The number of aromatic carboxylic acids is 1. The predicted octanol–water partition coefficient (Wildman–Crippen LogP) is 5.90. The van der Waals surface area contributed by atoms with Crippen LogP contribution in [0.1, 0.15) is 47.1 Å². The Morgan fingerprint density at radius 1 is 0.973 bits per heavy atom. The summed E-state index contributed by atoms with van der Waals surface area (Å²) in [6.45, 7) is 7.33. The highest BCUT2D eigenvalue weighted by Gasteiger charge is 2.35. The van der Waals surface area contributed by atoms with Crippen LogP contribution in [0, 0.1) is 0 Å². The SMILES string of the molecule is C[C@@H]1CN([C@H](c2ccc(-c3nc(C(=O)O)cs3)cc2)c2cccc(O)c2)[C@@H](C)CN1Cc1ccccc1. The third-order valence-corrected chi connectivity index (χ3v) is 8.00. The third kappa shape index (κ3) is 5.59. The zero-order valence-corrected chi connectivity index (χ0v) is 21.8. The molecule has 1 fully saturated rings. The lowest BCUT2D eigenvalue weighted by molar-refractivity contribution is 0.0195. The summed E-state index contributed by atoms with van der Waals surface area (Å²) in [4.78, 5) is 20.6. The molecule has 1 aliphatic heterocycles. The number of hydrogen-bond donors (Lipinski definition) is 2. The standard InChI is InChI=1S/C30H31N3O3S/c1-20-17-33(21(2)16-32(20)18-22-7-4-3-5-8-22)28(25-9-6-10-26(34)15-25)23-11-13-24(14-12-23)29-31-27(19-37-29)30(35)36/h3-15,19-21,28,34H,16-18H2,1-2H3,(H,35,36)/t20-,21+,28-/m1/s1. The number of carboxylic acid groups (broad SMARTS) is 1. The summed E-state index contributed by atoms with van der Waals surface area (Å²) in [6.07, 6.45) is 0. The van der Waals surface area contributed by atoms with Gasteiger partial charge in [0.05, 0.1) is 6.04 Å². The van der Waals surface area contributed by atoms with Crippen molar-refractivity contribution in [2.24, 2.45) is 0 Å². The molecule has 1 saturated heterocycles.